The van der Waals surface area contributed by atoms with Crippen LogP contribution in [-0.4, -0.2) is 0 Å². The number of rotatable bonds is 5. The third-order valence-electron chi connectivity index (χ3n) is 2.15. The number of aryl methyl sites for hydroxylation is 1. The molecule has 0 bridgehead atoms. The normalized spacial score (nSPS) is 13.2. The zero-order valence-electron chi connectivity index (χ0n) is 8.34. The second-order valence-electron chi connectivity index (χ2n) is 3.17. The van der Waals surface area contributed by atoms with E-state index in [2.05, 4.69) is 19.3 Å². The Labute approximate surface area is 79.3 Å². The molecule has 1 aromatic rings. The molecule has 0 saturated heterocycles. The van der Waals surface area contributed by atoms with E-state index < -0.39 is 0 Å². The number of nitrogens with two attached hydrogens (primary N) is 1. The van der Waals surface area contributed by atoms with Crippen molar-refractivity contribution in [3.05, 3.63) is 23.7 Å². The van der Waals surface area contributed by atoms with Crippen LogP contribution in [0.3, 0.4) is 0 Å². The molecular formula is C10H18N2O. The molecule has 0 aliphatic carbocycles. The summed E-state index contributed by atoms with van der Waals surface area (Å²) in [7, 11) is 0. The second kappa shape index (κ2) is 5.04. The van der Waals surface area contributed by atoms with Gasteiger partial charge in [-0.2, -0.15) is 0 Å². The topological polar surface area (TPSA) is 51.2 Å². The summed E-state index contributed by atoms with van der Waals surface area (Å²) in [6.45, 7) is 4.21. The van der Waals surface area contributed by atoms with Crippen molar-refractivity contribution in [1.82, 2.24) is 5.43 Å². The van der Waals surface area contributed by atoms with E-state index in [1.165, 1.54) is 0 Å². The number of nitrogens with one attached hydrogen (secondary N) is 1. The predicted octanol–water partition coefficient (Wildman–Crippen LogP) is 2.15. The maximum atomic E-state index is 5.60. The lowest BCUT2D eigenvalue weighted by Gasteiger charge is -2.11. The molecule has 3 nitrogen and oxygen atoms in total. The lowest BCUT2D eigenvalue weighted by Crippen LogP contribution is -2.27. The first kappa shape index (κ1) is 10.3. The summed E-state index contributed by atoms with van der Waals surface area (Å²) in [6.07, 6.45) is 3.04. The van der Waals surface area contributed by atoms with Gasteiger partial charge in [-0.15, -0.1) is 0 Å². The zero-order chi connectivity index (χ0) is 9.68. The van der Waals surface area contributed by atoms with Crippen LogP contribution < -0.4 is 11.3 Å². The van der Waals surface area contributed by atoms with Crippen molar-refractivity contribution in [1.29, 1.82) is 0 Å². The number of hydrogen-bond acceptors (Lipinski definition) is 3. The lowest BCUT2D eigenvalue weighted by molar-refractivity contribution is 0.382. The molecule has 3 heteroatoms. The largest absolute Gasteiger partial charge is 0.464 e. The summed E-state index contributed by atoms with van der Waals surface area (Å²) in [4.78, 5) is 0. The molecule has 0 aromatic carbocycles. The van der Waals surface area contributed by atoms with Gasteiger partial charge in [0, 0.05) is 6.42 Å². The van der Waals surface area contributed by atoms with Gasteiger partial charge in [0.1, 0.15) is 11.5 Å². The minimum atomic E-state index is 0.158. The van der Waals surface area contributed by atoms with E-state index in [9.17, 15) is 0 Å². The van der Waals surface area contributed by atoms with Crippen LogP contribution in [0.25, 0.3) is 0 Å². The van der Waals surface area contributed by atoms with Gasteiger partial charge in [-0.3, -0.25) is 5.84 Å². The maximum absolute atomic E-state index is 5.60. The van der Waals surface area contributed by atoms with Crippen molar-refractivity contribution in [3.8, 4) is 0 Å². The minimum Gasteiger partial charge on any atom is -0.464 e. The highest BCUT2D eigenvalue weighted by Gasteiger charge is 2.12. The average Bonchev–Trinajstić information content (AvgIpc) is 2.62. The van der Waals surface area contributed by atoms with Gasteiger partial charge in [0.25, 0.3) is 0 Å². The summed E-state index contributed by atoms with van der Waals surface area (Å²) in [5, 5.41) is 0. The third kappa shape index (κ3) is 2.57. The Bertz CT molecular complexity index is 245. The molecule has 1 atom stereocenters. The molecule has 0 radical (unpaired) electrons. The van der Waals surface area contributed by atoms with Crippen LogP contribution in [0.1, 0.15) is 44.3 Å². The van der Waals surface area contributed by atoms with Gasteiger partial charge < -0.3 is 4.42 Å². The van der Waals surface area contributed by atoms with Crippen molar-refractivity contribution in [2.75, 3.05) is 0 Å². The highest BCUT2D eigenvalue weighted by Crippen LogP contribution is 2.20. The van der Waals surface area contributed by atoms with Crippen molar-refractivity contribution < 1.29 is 4.42 Å². The Morgan fingerprint density at radius 3 is 2.69 bits per heavy atom. The first-order chi connectivity index (χ1) is 6.31. The monoisotopic (exact) mass is 182 g/mol. The van der Waals surface area contributed by atoms with E-state index in [1.54, 1.807) is 0 Å². The molecule has 1 aromatic heterocycles. The third-order valence-corrected chi connectivity index (χ3v) is 2.15. The fourth-order valence-electron chi connectivity index (χ4n) is 1.37. The number of hydrazine groups is 1. The summed E-state index contributed by atoms with van der Waals surface area (Å²) < 4.78 is 5.60. The molecule has 1 unspecified atom stereocenters. The van der Waals surface area contributed by atoms with Crippen LogP contribution in [0.2, 0.25) is 0 Å². The van der Waals surface area contributed by atoms with Gasteiger partial charge >= 0.3 is 0 Å². The van der Waals surface area contributed by atoms with Gasteiger partial charge in [-0.05, 0) is 18.6 Å². The molecule has 3 N–H and O–H groups in total. The molecule has 0 aliphatic rings. The molecule has 13 heavy (non-hydrogen) atoms. The Balaban J connectivity index is 2.67. The number of furan rings is 1. The molecule has 1 heterocycles. The highest BCUT2D eigenvalue weighted by molar-refractivity contribution is 5.10. The van der Waals surface area contributed by atoms with E-state index in [4.69, 9.17) is 10.3 Å². The fourth-order valence-corrected chi connectivity index (χ4v) is 1.37. The van der Waals surface area contributed by atoms with Gasteiger partial charge in [-0.25, -0.2) is 5.43 Å². The molecule has 0 amide bonds. The number of hydrogen-bond donors (Lipinski definition) is 2. The van der Waals surface area contributed by atoms with Gasteiger partial charge in [0.2, 0.25) is 0 Å². The molecule has 0 fully saturated rings. The van der Waals surface area contributed by atoms with E-state index in [0.717, 1.165) is 30.8 Å². The van der Waals surface area contributed by atoms with Crippen LogP contribution in [0.4, 0.5) is 0 Å². The summed E-state index contributed by atoms with van der Waals surface area (Å²) in [5.41, 5.74) is 2.76. The maximum Gasteiger partial charge on any atom is 0.122 e. The molecule has 1 rings (SSSR count). The minimum absolute atomic E-state index is 0.158. The first-order valence-corrected chi connectivity index (χ1v) is 4.86. The average molecular weight is 182 g/mol. The molecular weight excluding hydrogens is 164 g/mol. The van der Waals surface area contributed by atoms with E-state index in [0.29, 0.717) is 0 Å². The summed E-state index contributed by atoms with van der Waals surface area (Å²) >= 11 is 0. The second-order valence-corrected chi connectivity index (χ2v) is 3.17. The van der Waals surface area contributed by atoms with Crippen LogP contribution in [0, 0.1) is 0 Å². The summed E-state index contributed by atoms with van der Waals surface area (Å²) in [5.74, 6) is 7.40. The SMILES string of the molecule is CCCC(NN)c1ccc(CC)o1. The Morgan fingerprint density at radius 2 is 2.23 bits per heavy atom. The zero-order valence-corrected chi connectivity index (χ0v) is 8.34. The van der Waals surface area contributed by atoms with E-state index in [-0.39, 0.29) is 6.04 Å². The Hall–Kier alpha value is -0.800. The molecule has 0 saturated carbocycles. The quantitative estimate of drug-likeness (QED) is 0.542. The Morgan fingerprint density at radius 1 is 1.46 bits per heavy atom. The van der Waals surface area contributed by atoms with Crippen molar-refractivity contribution in [3.63, 3.8) is 0 Å². The summed E-state index contributed by atoms with van der Waals surface area (Å²) in [6, 6.07) is 4.17. The predicted molar refractivity (Wildman–Crippen MR) is 53.1 cm³/mol. The van der Waals surface area contributed by atoms with Gasteiger partial charge in [-0.1, -0.05) is 20.3 Å². The standard InChI is InChI=1S/C10H18N2O/c1-3-5-9(12-11)10-7-6-8(4-2)13-10/h6-7,9,12H,3-5,11H2,1-2H3. The highest BCUT2D eigenvalue weighted by atomic mass is 16.3. The first-order valence-electron chi connectivity index (χ1n) is 4.86. The van der Waals surface area contributed by atoms with Crippen molar-refractivity contribution in [2.45, 2.75) is 39.2 Å². The van der Waals surface area contributed by atoms with E-state index >= 15 is 0 Å². The molecule has 74 valence electrons. The van der Waals surface area contributed by atoms with Crippen molar-refractivity contribution in [2.24, 2.45) is 5.84 Å². The Kier molecular flexibility index (Phi) is 3.99. The van der Waals surface area contributed by atoms with Crippen molar-refractivity contribution >= 4 is 0 Å². The molecule has 0 aliphatic heterocycles. The van der Waals surface area contributed by atoms with Crippen LogP contribution >= 0.6 is 0 Å². The fraction of sp³-hybridized carbons (Fsp3) is 0.600. The van der Waals surface area contributed by atoms with Crippen LogP contribution in [0.5, 0.6) is 0 Å². The van der Waals surface area contributed by atoms with Crippen LogP contribution in [-0.2, 0) is 6.42 Å². The van der Waals surface area contributed by atoms with Gasteiger partial charge in [0.05, 0.1) is 6.04 Å². The van der Waals surface area contributed by atoms with E-state index in [1.807, 2.05) is 12.1 Å². The molecule has 0 spiro atoms. The smallest absolute Gasteiger partial charge is 0.122 e. The van der Waals surface area contributed by atoms with Crippen LogP contribution in [0.15, 0.2) is 16.5 Å². The lowest BCUT2D eigenvalue weighted by atomic mass is 10.1. The van der Waals surface area contributed by atoms with Gasteiger partial charge in [0.15, 0.2) is 0 Å².